The van der Waals surface area contributed by atoms with Gasteiger partial charge in [0, 0.05) is 51.2 Å². The molecule has 2 aliphatic heterocycles. The highest BCUT2D eigenvalue weighted by molar-refractivity contribution is 5.85. The first kappa shape index (κ1) is 21.2. The van der Waals surface area contributed by atoms with Crippen LogP contribution in [-0.2, 0) is 14.3 Å². The summed E-state index contributed by atoms with van der Waals surface area (Å²) in [6.07, 6.45) is 5.29. The Balaban J connectivity index is 0.00000288. The van der Waals surface area contributed by atoms with E-state index in [1.165, 1.54) is 6.42 Å². The Hall–Kier alpha value is -0.850. The van der Waals surface area contributed by atoms with Gasteiger partial charge in [0.15, 0.2) is 0 Å². The Morgan fingerprint density at radius 2 is 2.00 bits per heavy atom. The lowest BCUT2D eigenvalue weighted by Crippen LogP contribution is -2.44. The highest BCUT2D eigenvalue weighted by Gasteiger charge is 2.28. The zero-order valence-electron chi connectivity index (χ0n) is 14.7. The van der Waals surface area contributed by atoms with Crippen LogP contribution in [0.2, 0.25) is 0 Å². The van der Waals surface area contributed by atoms with Crippen molar-refractivity contribution in [3.63, 3.8) is 0 Å². The number of piperidine rings is 1. The maximum absolute atomic E-state index is 12.3. The lowest BCUT2D eigenvalue weighted by atomic mass is 9.95. The number of halogens is 1. The zero-order valence-corrected chi connectivity index (χ0v) is 15.5. The van der Waals surface area contributed by atoms with Crippen molar-refractivity contribution in [3.05, 3.63) is 0 Å². The van der Waals surface area contributed by atoms with E-state index in [1.54, 1.807) is 0 Å². The normalized spacial score (nSPS) is 21.4. The Bertz CT molecular complexity index is 381. The lowest BCUT2D eigenvalue weighted by Gasteiger charge is -2.32. The molecule has 0 bridgehead atoms. The number of carbonyl (C=O) groups is 2. The van der Waals surface area contributed by atoms with Gasteiger partial charge in [0.05, 0.1) is 0 Å². The monoisotopic (exact) mass is 361 g/mol. The van der Waals surface area contributed by atoms with Gasteiger partial charge in [-0.2, -0.15) is 0 Å². The molecule has 2 rings (SSSR count). The molecule has 24 heavy (non-hydrogen) atoms. The van der Waals surface area contributed by atoms with Crippen LogP contribution < -0.4 is 10.6 Å². The third kappa shape index (κ3) is 6.95. The SMILES string of the molecule is CCOCCCNC(=O)C1CCN(C(=O)CC2CCCN2)CC1.Cl. The minimum Gasteiger partial charge on any atom is -0.382 e. The van der Waals surface area contributed by atoms with Crippen LogP contribution in [0.5, 0.6) is 0 Å². The van der Waals surface area contributed by atoms with E-state index in [1.807, 2.05) is 11.8 Å². The van der Waals surface area contributed by atoms with Gasteiger partial charge in [-0.25, -0.2) is 0 Å². The number of hydrogen-bond donors (Lipinski definition) is 2. The number of carbonyl (C=O) groups excluding carboxylic acids is 2. The first-order valence-electron chi connectivity index (χ1n) is 9.07. The van der Waals surface area contributed by atoms with Crippen molar-refractivity contribution in [2.24, 2.45) is 5.92 Å². The van der Waals surface area contributed by atoms with Crippen LogP contribution in [0.3, 0.4) is 0 Å². The summed E-state index contributed by atoms with van der Waals surface area (Å²) in [5, 5.41) is 6.35. The predicted octanol–water partition coefficient (Wildman–Crippen LogP) is 1.33. The van der Waals surface area contributed by atoms with Crippen molar-refractivity contribution in [2.75, 3.05) is 39.4 Å². The molecular formula is C17H32ClN3O3. The molecule has 1 unspecified atom stereocenters. The van der Waals surface area contributed by atoms with Crippen molar-refractivity contribution in [2.45, 2.75) is 51.5 Å². The fraction of sp³-hybridized carbons (Fsp3) is 0.882. The minimum absolute atomic E-state index is 0. The number of likely N-dealkylation sites (tertiary alicyclic amines) is 1. The molecule has 0 aliphatic carbocycles. The minimum atomic E-state index is 0. The summed E-state index contributed by atoms with van der Waals surface area (Å²) in [5.41, 5.74) is 0. The molecule has 2 heterocycles. The van der Waals surface area contributed by atoms with Crippen LogP contribution in [0.15, 0.2) is 0 Å². The molecule has 0 aromatic carbocycles. The largest absolute Gasteiger partial charge is 0.382 e. The number of nitrogens with zero attached hydrogens (tertiary/aromatic N) is 1. The van der Waals surface area contributed by atoms with Crippen LogP contribution >= 0.6 is 12.4 Å². The summed E-state index contributed by atoms with van der Waals surface area (Å²) < 4.78 is 5.26. The van der Waals surface area contributed by atoms with E-state index in [-0.39, 0.29) is 30.1 Å². The maximum Gasteiger partial charge on any atom is 0.224 e. The fourth-order valence-electron chi connectivity index (χ4n) is 3.34. The summed E-state index contributed by atoms with van der Waals surface area (Å²) >= 11 is 0. The van der Waals surface area contributed by atoms with E-state index >= 15 is 0 Å². The fourth-order valence-corrected chi connectivity index (χ4v) is 3.34. The molecule has 0 spiro atoms. The average molecular weight is 362 g/mol. The molecule has 0 aromatic heterocycles. The smallest absolute Gasteiger partial charge is 0.224 e. The number of nitrogens with one attached hydrogen (secondary N) is 2. The molecule has 0 aromatic rings. The Morgan fingerprint density at radius 3 is 2.62 bits per heavy atom. The van der Waals surface area contributed by atoms with Crippen LogP contribution in [0.25, 0.3) is 0 Å². The molecule has 6 nitrogen and oxygen atoms in total. The zero-order chi connectivity index (χ0) is 16.5. The van der Waals surface area contributed by atoms with E-state index in [9.17, 15) is 9.59 Å². The van der Waals surface area contributed by atoms with Gasteiger partial charge in [-0.15, -0.1) is 12.4 Å². The van der Waals surface area contributed by atoms with E-state index in [0.29, 0.717) is 38.7 Å². The number of hydrogen-bond acceptors (Lipinski definition) is 4. The maximum atomic E-state index is 12.3. The third-order valence-electron chi connectivity index (χ3n) is 4.77. The number of ether oxygens (including phenoxy) is 1. The van der Waals surface area contributed by atoms with Crippen molar-refractivity contribution in [3.8, 4) is 0 Å². The highest BCUT2D eigenvalue weighted by atomic mass is 35.5. The summed E-state index contributed by atoms with van der Waals surface area (Å²) in [6.45, 7) is 6.51. The summed E-state index contributed by atoms with van der Waals surface area (Å²) in [7, 11) is 0. The molecule has 7 heteroatoms. The quantitative estimate of drug-likeness (QED) is 0.640. The van der Waals surface area contributed by atoms with Crippen molar-refractivity contribution in [1.82, 2.24) is 15.5 Å². The van der Waals surface area contributed by atoms with Gasteiger partial charge >= 0.3 is 0 Å². The second-order valence-corrected chi connectivity index (χ2v) is 6.49. The first-order chi connectivity index (χ1) is 11.2. The molecule has 140 valence electrons. The first-order valence-corrected chi connectivity index (χ1v) is 9.07. The molecule has 0 saturated carbocycles. The van der Waals surface area contributed by atoms with Gasteiger partial charge in [0.25, 0.3) is 0 Å². The average Bonchev–Trinajstić information content (AvgIpc) is 3.07. The third-order valence-corrected chi connectivity index (χ3v) is 4.77. The Morgan fingerprint density at radius 1 is 1.25 bits per heavy atom. The van der Waals surface area contributed by atoms with E-state index in [4.69, 9.17) is 4.74 Å². The van der Waals surface area contributed by atoms with E-state index < -0.39 is 0 Å². The molecule has 2 saturated heterocycles. The van der Waals surface area contributed by atoms with Crippen LogP contribution in [0.4, 0.5) is 0 Å². The second kappa shape index (κ2) is 11.7. The van der Waals surface area contributed by atoms with Gasteiger partial charge < -0.3 is 20.3 Å². The predicted molar refractivity (Wildman–Crippen MR) is 96.3 cm³/mol. The molecule has 2 fully saturated rings. The molecular weight excluding hydrogens is 330 g/mol. The van der Waals surface area contributed by atoms with Crippen molar-refractivity contribution in [1.29, 1.82) is 0 Å². The van der Waals surface area contributed by atoms with Gasteiger partial charge in [0.1, 0.15) is 0 Å². The Labute approximate surface area is 151 Å². The molecule has 0 radical (unpaired) electrons. The summed E-state index contributed by atoms with van der Waals surface area (Å²) in [4.78, 5) is 26.3. The lowest BCUT2D eigenvalue weighted by molar-refractivity contribution is -0.136. The van der Waals surface area contributed by atoms with Gasteiger partial charge in [0.2, 0.25) is 11.8 Å². The molecule has 2 aliphatic rings. The number of rotatable bonds is 8. The summed E-state index contributed by atoms with van der Waals surface area (Å²) in [5.74, 6) is 0.418. The topological polar surface area (TPSA) is 70.7 Å². The second-order valence-electron chi connectivity index (χ2n) is 6.49. The molecule has 2 amide bonds. The van der Waals surface area contributed by atoms with Crippen LogP contribution in [0, 0.1) is 5.92 Å². The molecule has 1 atom stereocenters. The van der Waals surface area contributed by atoms with Gasteiger partial charge in [-0.3, -0.25) is 9.59 Å². The summed E-state index contributed by atoms with van der Waals surface area (Å²) in [6, 6.07) is 0.355. The van der Waals surface area contributed by atoms with Crippen molar-refractivity contribution < 1.29 is 14.3 Å². The van der Waals surface area contributed by atoms with Crippen LogP contribution in [0.1, 0.15) is 45.4 Å². The van der Waals surface area contributed by atoms with E-state index in [2.05, 4.69) is 10.6 Å². The Kier molecular flexibility index (Phi) is 10.3. The van der Waals surface area contributed by atoms with Crippen molar-refractivity contribution >= 4 is 24.2 Å². The highest BCUT2D eigenvalue weighted by Crippen LogP contribution is 2.19. The van der Waals surface area contributed by atoms with Crippen LogP contribution in [-0.4, -0.2) is 62.1 Å². The molecule has 2 N–H and O–H groups in total. The van der Waals surface area contributed by atoms with E-state index in [0.717, 1.165) is 38.8 Å². The standard InChI is InChI=1S/C17H31N3O3.ClH/c1-2-23-12-4-9-19-17(22)14-6-10-20(11-7-14)16(21)13-15-5-3-8-18-15;/h14-15,18H,2-13H2,1H3,(H,19,22);1H. The van der Waals surface area contributed by atoms with Gasteiger partial charge in [-0.05, 0) is 45.6 Å². The van der Waals surface area contributed by atoms with Gasteiger partial charge in [-0.1, -0.05) is 0 Å². The number of amides is 2.